The van der Waals surface area contributed by atoms with Crippen molar-refractivity contribution in [3.05, 3.63) is 65.0 Å². The minimum absolute atomic E-state index is 0.178. The van der Waals surface area contributed by atoms with Gasteiger partial charge in [-0.15, -0.1) is 21.5 Å². The molecule has 0 saturated carbocycles. The van der Waals surface area contributed by atoms with E-state index < -0.39 is 0 Å². The van der Waals surface area contributed by atoms with Gasteiger partial charge >= 0.3 is 0 Å². The number of nitrogens with one attached hydrogen (secondary N) is 1. The summed E-state index contributed by atoms with van der Waals surface area (Å²) >= 11 is 9.97. The molecule has 154 valence electrons. The van der Waals surface area contributed by atoms with Crippen molar-refractivity contribution in [3.63, 3.8) is 0 Å². The number of anilines is 1. The first-order valence-corrected chi connectivity index (χ1v) is 12.1. The normalized spacial score (nSPS) is 11.1. The van der Waals surface area contributed by atoms with Crippen molar-refractivity contribution < 1.29 is 4.79 Å². The topological polar surface area (TPSA) is 85.1 Å². The van der Waals surface area contributed by atoms with Crippen molar-refractivity contribution in [2.75, 3.05) is 11.1 Å². The average molecular weight is 485 g/mol. The maximum atomic E-state index is 12.5. The van der Waals surface area contributed by atoms with Gasteiger partial charge in [-0.25, -0.2) is 0 Å². The summed E-state index contributed by atoms with van der Waals surface area (Å²) in [4.78, 5) is 17.6. The summed E-state index contributed by atoms with van der Waals surface area (Å²) in [5.41, 5.74) is 2.87. The third-order valence-electron chi connectivity index (χ3n) is 4.30. The quantitative estimate of drug-likeness (QED) is 0.326. The van der Waals surface area contributed by atoms with Gasteiger partial charge in [-0.1, -0.05) is 65.8 Å². The largest absolute Gasteiger partial charge is 0.300 e. The molecule has 0 fully saturated rings. The van der Waals surface area contributed by atoms with Gasteiger partial charge in [0.05, 0.1) is 11.4 Å². The molecule has 0 aliphatic heterocycles. The highest BCUT2D eigenvalue weighted by Gasteiger charge is 2.16. The van der Waals surface area contributed by atoms with E-state index in [9.17, 15) is 4.79 Å². The minimum atomic E-state index is -0.180. The number of amides is 1. The van der Waals surface area contributed by atoms with E-state index in [0.29, 0.717) is 21.1 Å². The van der Waals surface area contributed by atoms with Crippen molar-refractivity contribution in [1.29, 1.82) is 0 Å². The van der Waals surface area contributed by atoms with E-state index in [1.807, 2.05) is 64.4 Å². The number of aromatic nitrogens is 5. The van der Waals surface area contributed by atoms with Gasteiger partial charge in [-0.2, -0.15) is 9.36 Å². The van der Waals surface area contributed by atoms with E-state index in [1.54, 1.807) is 0 Å². The lowest BCUT2D eigenvalue weighted by Crippen LogP contribution is -2.14. The number of benzene rings is 2. The lowest BCUT2D eigenvalue weighted by molar-refractivity contribution is -0.113. The van der Waals surface area contributed by atoms with Gasteiger partial charge in [0.25, 0.3) is 0 Å². The second-order valence-corrected chi connectivity index (χ2v) is 9.32. The molecule has 2 aromatic carbocycles. The number of hydrogen-bond donors (Lipinski definition) is 1. The lowest BCUT2D eigenvalue weighted by atomic mass is 10.2. The van der Waals surface area contributed by atoms with Gasteiger partial charge in [0.2, 0.25) is 16.0 Å². The number of nitrogens with zero attached hydrogens (tertiary/aromatic N) is 5. The fourth-order valence-electron chi connectivity index (χ4n) is 2.88. The molecule has 0 saturated heterocycles. The molecule has 1 amide bonds. The maximum absolute atomic E-state index is 12.5. The number of halogens is 1. The summed E-state index contributed by atoms with van der Waals surface area (Å²) < 4.78 is 6.26. The van der Waals surface area contributed by atoms with Crippen LogP contribution in [0.2, 0.25) is 5.02 Å². The van der Waals surface area contributed by atoms with Crippen LogP contribution in [0.3, 0.4) is 0 Å². The Balaban J connectivity index is 1.28. The Hall–Kier alpha value is -2.79. The second-order valence-electron chi connectivity index (χ2n) is 6.35. The Morgan fingerprint density at radius 2 is 1.87 bits per heavy atom. The summed E-state index contributed by atoms with van der Waals surface area (Å²) in [7, 11) is 0. The molecule has 1 N–H and O–H groups in total. The number of hydrogen-bond acceptors (Lipinski definition) is 8. The number of carbonyl (C=O) groups is 1. The molecule has 11 heteroatoms. The summed E-state index contributed by atoms with van der Waals surface area (Å²) in [5.74, 6) is 0.594. The van der Waals surface area contributed by atoms with E-state index >= 15 is 0 Å². The van der Waals surface area contributed by atoms with Gasteiger partial charge in [-0.05, 0) is 17.7 Å². The highest BCUT2D eigenvalue weighted by Crippen LogP contribution is 2.30. The van der Waals surface area contributed by atoms with Crippen LogP contribution < -0.4 is 5.32 Å². The number of fused-ring (bicyclic) bond motifs is 1. The van der Waals surface area contributed by atoms with Crippen LogP contribution in [0.5, 0.6) is 0 Å². The van der Waals surface area contributed by atoms with E-state index in [2.05, 4.69) is 24.9 Å². The highest BCUT2D eigenvalue weighted by molar-refractivity contribution is 7.99. The molecule has 0 radical (unpaired) electrons. The third-order valence-corrected chi connectivity index (χ3v) is 6.92. The van der Waals surface area contributed by atoms with Crippen LogP contribution >= 0.6 is 46.2 Å². The molecule has 0 atom stereocenters. The molecule has 5 aromatic rings. The van der Waals surface area contributed by atoms with Gasteiger partial charge < -0.3 is 0 Å². The molecule has 7 nitrogen and oxygen atoms in total. The average Bonchev–Trinajstić information content (AvgIpc) is 3.51. The molecular weight excluding hydrogens is 472 g/mol. The minimum Gasteiger partial charge on any atom is -0.300 e. The molecule has 3 aromatic heterocycles. The molecule has 0 spiro atoms. The summed E-state index contributed by atoms with van der Waals surface area (Å²) in [6.07, 6.45) is 0. The van der Waals surface area contributed by atoms with Crippen LogP contribution in [0.25, 0.3) is 27.6 Å². The zero-order valence-corrected chi connectivity index (χ0v) is 18.9. The first kappa shape index (κ1) is 20.1. The van der Waals surface area contributed by atoms with Crippen molar-refractivity contribution in [1.82, 2.24) is 24.0 Å². The van der Waals surface area contributed by atoms with E-state index in [4.69, 9.17) is 11.6 Å². The van der Waals surface area contributed by atoms with E-state index in [0.717, 1.165) is 33.3 Å². The molecule has 3 heterocycles. The number of thioether (sulfide) groups is 1. The van der Waals surface area contributed by atoms with Gasteiger partial charge in [0.15, 0.2) is 11.0 Å². The third kappa shape index (κ3) is 4.33. The van der Waals surface area contributed by atoms with Crippen molar-refractivity contribution in [2.45, 2.75) is 5.16 Å². The maximum Gasteiger partial charge on any atom is 0.236 e. The van der Waals surface area contributed by atoms with Crippen LogP contribution in [0.4, 0.5) is 5.13 Å². The SMILES string of the molecule is O=C(CSc1nnc2scc(-c3ccc(Cl)cc3)n12)Nc1nc(-c2ccccc2)ns1. The van der Waals surface area contributed by atoms with Crippen LogP contribution in [-0.2, 0) is 4.79 Å². The first-order valence-electron chi connectivity index (χ1n) is 9.08. The Morgan fingerprint density at radius 3 is 2.68 bits per heavy atom. The molecule has 5 rings (SSSR count). The van der Waals surface area contributed by atoms with E-state index in [-0.39, 0.29) is 11.7 Å². The molecular formula is C20H13ClN6OS3. The zero-order chi connectivity index (χ0) is 21.2. The Kier molecular flexibility index (Phi) is 5.68. The predicted molar refractivity (Wildman–Crippen MR) is 126 cm³/mol. The molecule has 0 aliphatic carbocycles. The first-order chi connectivity index (χ1) is 15.2. The Bertz CT molecular complexity index is 1350. The highest BCUT2D eigenvalue weighted by atomic mass is 35.5. The summed E-state index contributed by atoms with van der Waals surface area (Å²) in [5, 5.41) is 15.1. The van der Waals surface area contributed by atoms with Gasteiger partial charge in [0.1, 0.15) is 0 Å². The molecule has 31 heavy (non-hydrogen) atoms. The summed E-state index contributed by atoms with van der Waals surface area (Å²) in [6, 6.07) is 17.2. The molecule has 0 bridgehead atoms. The van der Waals surface area contributed by atoms with Gasteiger partial charge in [0, 0.05) is 27.5 Å². The van der Waals surface area contributed by atoms with Crippen LogP contribution in [0, 0.1) is 0 Å². The van der Waals surface area contributed by atoms with Crippen molar-refractivity contribution in [2.24, 2.45) is 0 Å². The lowest BCUT2D eigenvalue weighted by Gasteiger charge is -2.03. The predicted octanol–water partition coefficient (Wildman–Crippen LogP) is 5.36. The number of thiazole rings is 1. The molecule has 0 unspecified atom stereocenters. The Labute approximate surface area is 194 Å². The number of rotatable bonds is 6. The van der Waals surface area contributed by atoms with Crippen molar-refractivity contribution >= 4 is 62.2 Å². The smallest absolute Gasteiger partial charge is 0.236 e. The monoisotopic (exact) mass is 484 g/mol. The van der Waals surface area contributed by atoms with Crippen molar-refractivity contribution in [3.8, 4) is 22.6 Å². The number of carbonyl (C=O) groups excluding carboxylic acids is 1. The second kappa shape index (κ2) is 8.75. The fourth-order valence-corrected chi connectivity index (χ4v) is 5.25. The summed E-state index contributed by atoms with van der Waals surface area (Å²) in [6.45, 7) is 0. The van der Waals surface area contributed by atoms with E-state index in [1.165, 1.54) is 23.1 Å². The molecule has 0 aliphatic rings. The zero-order valence-electron chi connectivity index (χ0n) is 15.7. The van der Waals surface area contributed by atoms with Crippen LogP contribution in [0.1, 0.15) is 0 Å². The standard InChI is InChI=1S/C20H13ClN6OS3/c21-14-8-6-12(7-9-14)15-10-29-19-24-25-20(27(15)19)30-11-16(28)22-18-23-17(26-31-18)13-4-2-1-3-5-13/h1-10H,11H2,(H,22,23,26,28). The Morgan fingerprint density at radius 1 is 1.06 bits per heavy atom. The van der Waals surface area contributed by atoms with Gasteiger partial charge in [-0.3, -0.25) is 14.5 Å². The van der Waals surface area contributed by atoms with Crippen LogP contribution in [-0.4, -0.2) is 35.6 Å². The fraction of sp³-hybridized carbons (Fsp3) is 0.0500. The van der Waals surface area contributed by atoms with Crippen LogP contribution in [0.15, 0.2) is 65.1 Å².